The lowest BCUT2D eigenvalue weighted by Gasteiger charge is -1.96. The van der Waals surface area contributed by atoms with Crippen LogP contribution in [0.1, 0.15) is 20.8 Å². The summed E-state index contributed by atoms with van der Waals surface area (Å²) < 4.78 is 13.1. The third-order valence-corrected chi connectivity index (χ3v) is 3.81. The van der Waals surface area contributed by atoms with Gasteiger partial charge in [0.15, 0.2) is 0 Å². The third kappa shape index (κ3) is 1.90. The van der Waals surface area contributed by atoms with Crippen molar-refractivity contribution >= 4 is 28.2 Å². The summed E-state index contributed by atoms with van der Waals surface area (Å²) >= 11 is 1.30. The van der Waals surface area contributed by atoms with E-state index in [9.17, 15) is 14.3 Å². The van der Waals surface area contributed by atoms with Gasteiger partial charge in [-0.15, -0.1) is 11.3 Å². The van der Waals surface area contributed by atoms with E-state index >= 15 is 0 Å². The highest BCUT2D eigenvalue weighted by molar-refractivity contribution is 7.12. The fraction of sp³-hybridized carbons (Fsp3) is 0.0769. The lowest BCUT2D eigenvalue weighted by molar-refractivity contribution is 0.104. The third-order valence-electron chi connectivity index (χ3n) is 2.76. The number of aromatic amines is 1. The maximum atomic E-state index is 13.1. The molecule has 0 atom stereocenters. The van der Waals surface area contributed by atoms with E-state index in [-0.39, 0.29) is 22.7 Å². The molecular formula is C13H9FN2O2S. The van der Waals surface area contributed by atoms with Gasteiger partial charge in [-0.3, -0.25) is 9.78 Å². The SMILES string of the molecule is Cc1csc(C(=O)c2c(O)[nH]c3cc(F)cnc23)c1. The molecule has 3 aromatic rings. The number of hydrogen-bond acceptors (Lipinski definition) is 4. The number of halogens is 1. The molecule has 0 aliphatic heterocycles. The summed E-state index contributed by atoms with van der Waals surface area (Å²) in [5.41, 5.74) is 1.63. The molecular weight excluding hydrogens is 267 g/mol. The Morgan fingerprint density at radius 1 is 1.47 bits per heavy atom. The molecule has 3 rings (SSSR count). The number of aryl methyl sites for hydroxylation is 1. The molecule has 0 bridgehead atoms. The Kier molecular flexibility index (Phi) is 2.60. The molecule has 0 aliphatic rings. The fourth-order valence-corrected chi connectivity index (χ4v) is 2.77. The van der Waals surface area contributed by atoms with Crippen molar-refractivity contribution in [3.05, 3.63) is 45.5 Å². The summed E-state index contributed by atoms with van der Waals surface area (Å²) in [5, 5.41) is 11.7. The van der Waals surface area contributed by atoms with Gasteiger partial charge in [0.05, 0.1) is 16.6 Å². The monoisotopic (exact) mass is 276 g/mol. The van der Waals surface area contributed by atoms with Crippen molar-refractivity contribution in [2.24, 2.45) is 0 Å². The average Bonchev–Trinajstić information content (AvgIpc) is 2.91. The second kappa shape index (κ2) is 4.17. The van der Waals surface area contributed by atoms with Gasteiger partial charge in [-0.2, -0.15) is 0 Å². The number of aromatic hydroxyl groups is 1. The molecule has 0 amide bonds. The largest absolute Gasteiger partial charge is 0.494 e. The number of ketones is 1. The Labute approximate surface area is 111 Å². The molecule has 3 heterocycles. The van der Waals surface area contributed by atoms with Crippen molar-refractivity contribution in [2.45, 2.75) is 6.92 Å². The standard InChI is InChI=1S/C13H9FN2O2S/c1-6-2-9(19-5-6)12(17)10-11-8(16-13(10)18)3-7(14)4-15-11/h2-5,16,18H,1H3. The molecule has 3 aromatic heterocycles. The van der Waals surface area contributed by atoms with Gasteiger partial charge in [0.1, 0.15) is 16.9 Å². The number of hydrogen-bond donors (Lipinski definition) is 2. The number of rotatable bonds is 2. The molecule has 0 spiro atoms. The first kappa shape index (κ1) is 11.9. The smallest absolute Gasteiger partial charge is 0.210 e. The minimum absolute atomic E-state index is 0.0804. The lowest BCUT2D eigenvalue weighted by atomic mass is 10.1. The molecule has 0 unspecified atom stereocenters. The molecule has 6 heteroatoms. The Morgan fingerprint density at radius 2 is 2.26 bits per heavy atom. The molecule has 2 N–H and O–H groups in total. The van der Waals surface area contributed by atoms with Crippen LogP contribution in [0.25, 0.3) is 11.0 Å². The van der Waals surface area contributed by atoms with Crippen molar-refractivity contribution in [1.29, 1.82) is 0 Å². The van der Waals surface area contributed by atoms with Crippen molar-refractivity contribution in [3.8, 4) is 5.88 Å². The van der Waals surface area contributed by atoms with Crippen LogP contribution in [0.4, 0.5) is 4.39 Å². The van der Waals surface area contributed by atoms with Gasteiger partial charge in [0, 0.05) is 6.07 Å². The number of nitrogens with zero attached hydrogens (tertiary/aromatic N) is 1. The predicted octanol–water partition coefficient (Wildman–Crippen LogP) is 3.01. The minimum Gasteiger partial charge on any atom is -0.494 e. The molecule has 4 nitrogen and oxygen atoms in total. The molecule has 0 saturated carbocycles. The van der Waals surface area contributed by atoms with Crippen LogP contribution < -0.4 is 0 Å². The van der Waals surface area contributed by atoms with Gasteiger partial charge >= 0.3 is 0 Å². The van der Waals surface area contributed by atoms with Gasteiger partial charge in [-0.1, -0.05) is 0 Å². The normalized spacial score (nSPS) is 11.1. The maximum Gasteiger partial charge on any atom is 0.210 e. The topological polar surface area (TPSA) is 66.0 Å². The van der Waals surface area contributed by atoms with Crippen LogP contribution >= 0.6 is 11.3 Å². The minimum atomic E-state index is -0.528. The average molecular weight is 276 g/mol. The van der Waals surface area contributed by atoms with Crippen LogP contribution in [0.3, 0.4) is 0 Å². The van der Waals surface area contributed by atoms with E-state index in [1.54, 1.807) is 6.07 Å². The molecule has 0 fully saturated rings. The summed E-state index contributed by atoms with van der Waals surface area (Å²) in [5.74, 6) is -1.13. The molecule has 96 valence electrons. The zero-order valence-corrected chi connectivity index (χ0v) is 10.7. The molecule has 19 heavy (non-hydrogen) atoms. The van der Waals surface area contributed by atoms with E-state index in [2.05, 4.69) is 9.97 Å². The van der Waals surface area contributed by atoms with Crippen LogP contribution in [0.15, 0.2) is 23.7 Å². The molecule has 0 aromatic carbocycles. The second-order valence-corrected chi connectivity index (χ2v) is 5.13. The number of carbonyl (C=O) groups is 1. The number of carbonyl (C=O) groups excluding carboxylic acids is 1. The van der Waals surface area contributed by atoms with E-state index in [0.29, 0.717) is 10.4 Å². The van der Waals surface area contributed by atoms with Crippen molar-refractivity contribution < 1.29 is 14.3 Å². The number of pyridine rings is 1. The first-order valence-corrected chi connectivity index (χ1v) is 6.40. The van der Waals surface area contributed by atoms with Crippen molar-refractivity contribution in [1.82, 2.24) is 9.97 Å². The summed E-state index contributed by atoms with van der Waals surface area (Å²) in [7, 11) is 0. The highest BCUT2D eigenvalue weighted by atomic mass is 32.1. The van der Waals surface area contributed by atoms with Crippen LogP contribution in [-0.2, 0) is 0 Å². The maximum absolute atomic E-state index is 13.1. The van der Waals surface area contributed by atoms with Gasteiger partial charge in [0.2, 0.25) is 11.7 Å². The van der Waals surface area contributed by atoms with E-state index in [4.69, 9.17) is 0 Å². The van der Waals surface area contributed by atoms with Gasteiger partial charge < -0.3 is 10.1 Å². The van der Waals surface area contributed by atoms with E-state index in [0.717, 1.165) is 11.8 Å². The summed E-state index contributed by atoms with van der Waals surface area (Å²) in [4.78, 5) is 19.3. The summed E-state index contributed by atoms with van der Waals surface area (Å²) in [6, 6.07) is 2.94. The van der Waals surface area contributed by atoms with Crippen LogP contribution in [0.5, 0.6) is 5.88 Å². The van der Waals surface area contributed by atoms with Gasteiger partial charge in [-0.05, 0) is 23.9 Å². The zero-order chi connectivity index (χ0) is 13.6. The first-order chi connectivity index (χ1) is 9.06. The van der Waals surface area contributed by atoms with Crippen molar-refractivity contribution in [2.75, 3.05) is 0 Å². The summed E-state index contributed by atoms with van der Waals surface area (Å²) in [6.45, 7) is 1.88. The van der Waals surface area contributed by atoms with Gasteiger partial charge in [-0.25, -0.2) is 4.39 Å². The summed E-state index contributed by atoms with van der Waals surface area (Å²) in [6.07, 6.45) is 1.02. The van der Waals surface area contributed by atoms with E-state index in [1.807, 2.05) is 12.3 Å². The Balaban J connectivity index is 2.19. The molecule has 0 saturated heterocycles. The quantitative estimate of drug-likeness (QED) is 0.707. The van der Waals surface area contributed by atoms with E-state index in [1.165, 1.54) is 17.4 Å². The number of nitrogens with one attached hydrogen (secondary N) is 1. The molecule has 0 aliphatic carbocycles. The van der Waals surface area contributed by atoms with Crippen LogP contribution in [0.2, 0.25) is 0 Å². The Morgan fingerprint density at radius 3 is 2.95 bits per heavy atom. The van der Waals surface area contributed by atoms with Gasteiger partial charge in [0.25, 0.3) is 0 Å². The second-order valence-electron chi connectivity index (χ2n) is 4.22. The number of fused-ring (bicyclic) bond motifs is 1. The van der Waals surface area contributed by atoms with Crippen molar-refractivity contribution in [3.63, 3.8) is 0 Å². The zero-order valence-electron chi connectivity index (χ0n) is 9.90. The van der Waals surface area contributed by atoms with Crippen LogP contribution in [0, 0.1) is 12.7 Å². The highest BCUT2D eigenvalue weighted by Gasteiger charge is 2.22. The predicted molar refractivity (Wildman–Crippen MR) is 70.2 cm³/mol. The number of aromatic nitrogens is 2. The Bertz CT molecular complexity index is 791. The van der Waals surface area contributed by atoms with E-state index < -0.39 is 5.82 Å². The number of thiophene rings is 1. The molecule has 0 radical (unpaired) electrons. The lowest BCUT2D eigenvalue weighted by Crippen LogP contribution is -1.98. The Hall–Kier alpha value is -2.21. The number of H-pyrrole nitrogens is 1. The van der Waals surface area contributed by atoms with Crippen LogP contribution in [-0.4, -0.2) is 20.9 Å². The highest BCUT2D eigenvalue weighted by Crippen LogP contribution is 2.29. The first-order valence-electron chi connectivity index (χ1n) is 5.52. The fourth-order valence-electron chi connectivity index (χ4n) is 1.92.